The van der Waals surface area contributed by atoms with Crippen LogP contribution >= 0.6 is 22.9 Å². The number of nitrogens with zero attached hydrogens (tertiary/aromatic N) is 4. The predicted octanol–water partition coefficient (Wildman–Crippen LogP) is 3.33. The fraction of sp³-hybridized carbons (Fsp3) is 0.357. The van der Waals surface area contributed by atoms with Gasteiger partial charge in [-0.2, -0.15) is 0 Å². The minimum atomic E-state index is 0.560. The highest BCUT2D eigenvalue weighted by Gasteiger charge is 2.13. The standard InChI is InChI=1S/C14H15ClN4S/c1-9-3-4-12-14(17-9)19(13(18-12)5-6-15)8-11-7-16-10(2)20-11/h3-4,7H,5-6,8H2,1-2H3. The summed E-state index contributed by atoms with van der Waals surface area (Å²) in [5.74, 6) is 1.54. The Balaban J connectivity index is 2.09. The Bertz CT molecular complexity index is 747. The Hall–Kier alpha value is -1.46. The van der Waals surface area contributed by atoms with Crippen LogP contribution in [0.4, 0.5) is 0 Å². The summed E-state index contributed by atoms with van der Waals surface area (Å²) in [5.41, 5.74) is 2.85. The van der Waals surface area contributed by atoms with Gasteiger partial charge in [-0.15, -0.1) is 22.9 Å². The zero-order valence-electron chi connectivity index (χ0n) is 11.4. The maximum atomic E-state index is 5.89. The molecule has 3 aromatic heterocycles. The summed E-state index contributed by atoms with van der Waals surface area (Å²) in [6, 6.07) is 4.00. The fourth-order valence-corrected chi connectivity index (χ4v) is 3.17. The van der Waals surface area contributed by atoms with E-state index >= 15 is 0 Å². The quantitative estimate of drug-likeness (QED) is 0.694. The maximum absolute atomic E-state index is 5.89. The number of halogens is 1. The summed E-state index contributed by atoms with van der Waals surface area (Å²) in [4.78, 5) is 14.8. The first kappa shape index (κ1) is 13.5. The molecule has 104 valence electrons. The lowest BCUT2D eigenvalue weighted by Crippen LogP contribution is -2.06. The van der Waals surface area contributed by atoms with Crippen LogP contribution in [0.25, 0.3) is 11.2 Å². The third-order valence-corrected chi connectivity index (χ3v) is 4.20. The summed E-state index contributed by atoms with van der Waals surface area (Å²) >= 11 is 7.60. The first-order valence-corrected chi connectivity index (χ1v) is 7.82. The monoisotopic (exact) mass is 306 g/mol. The van der Waals surface area contributed by atoms with Gasteiger partial charge in [-0.05, 0) is 26.0 Å². The van der Waals surface area contributed by atoms with E-state index in [0.29, 0.717) is 5.88 Å². The van der Waals surface area contributed by atoms with Gasteiger partial charge in [-0.3, -0.25) is 0 Å². The van der Waals surface area contributed by atoms with Gasteiger partial charge in [-0.1, -0.05) is 0 Å². The molecule has 0 bridgehead atoms. The van der Waals surface area contributed by atoms with Crippen molar-refractivity contribution in [2.45, 2.75) is 26.8 Å². The molecule has 0 N–H and O–H groups in total. The van der Waals surface area contributed by atoms with Gasteiger partial charge in [0.05, 0.1) is 11.6 Å². The zero-order valence-corrected chi connectivity index (χ0v) is 13.0. The Morgan fingerprint density at radius 2 is 2.10 bits per heavy atom. The number of alkyl halides is 1. The second-order valence-electron chi connectivity index (χ2n) is 4.69. The number of pyridine rings is 1. The summed E-state index contributed by atoms with van der Waals surface area (Å²) in [5, 5.41) is 1.08. The average Bonchev–Trinajstić information content (AvgIpc) is 2.96. The van der Waals surface area contributed by atoms with Crippen LogP contribution in [-0.4, -0.2) is 25.4 Å². The highest BCUT2D eigenvalue weighted by molar-refractivity contribution is 7.11. The van der Waals surface area contributed by atoms with Gasteiger partial charge in [0, 0.05) is 29.1 Å². The van der Waals surface area contributed by atoms with E-state index in [0.717, 1.165) is 40.7 Å². The third kappa shape index (κ3) is 2.55. The van der Waals surface area contributed by atoms with Crippen molar-refractivity contribution in [2.75, 3.05) is 5.88 Å². The second-order valence-corrected chi connectivity index (χ2v) is 6.39. The van der Waals surface area contributed by atoms with Crippen molar-refractivity contribution < 1.29 is 0 Å². The Morgan fingerprint density at radius 1 is 1.25 bits per heavy atom. The van der Waals surface area contributed by atoms with Crippen molar-refractivity contribution in [3.63, 3.8) is 0 Å². The Kier molecular flexibility index (Phi) is 3.72. The Labute approximate surface area is 126 Å². The van der Waals surface area contributed by atoms with Crippen molar-refractivity contribution in [1.29, 1.82) is 0 Å². The van der Waals surface area contributed by atoms with Gasteiger partial charge >= 0.3 is 0 Å². The topological polar surface area (TPSA) is 43.6 Å². The van der Waals surface area contributed by atoms with Crippen molar-refractivity contribution in [1.82, 2.24) is 19.5 Å². The van der Waals surface area contributed by atoms with E-state index < -0.39 is 0 Å². The third-order valence-electron chi connectivity index (χ3n) is 3.11. The lowest BCUT2D eigenvalue weighted by Gasteiger charge is -2.06. The number of thiazole rings is 1. The summed E-state index contributed by atoms with van der Waals surface area (Å²) in [7, 11) is 0. The van der Waals surface area contributed by atoms with Crippen LogP contribution in [0, 0.1) is 13.8 Å². The first-order valence-electron chi connectivity index (χ1n) is 6.47. The van der Waals surface area contributed by atoms with E-state index in [2.05, 4.69) is 19.5 Å². The van der Waals surface area contributed by atoms with Crippen molar-refractivity contribution >= 4 is 34.1 Å². The fourth-order valence-electron chi connectivity index (χ4n) is 2.22. The molecule has 0 aliphatic heterocycles. The SMILES string of the molecule is Cc1ccc2nc(CCCl)n(Cc3cnc(C)s3)c2n1. The smallest absolute Gasteiger partial charge is 0.160 e. The molecule has 0 unspecified atom stereocenters. The molecule has 0 saturated heterocycles. The molecule has 0 spiro atoms. The molecule has 0 fully saturated rings. The predicted molar refractivity (Wildman–Crippen MR) is 82.6 cm³/mol. The summed E-state index contributed by atoms with van der Waals surface area (Å²) in [6.07, 6.45) is 2.67. The van der Waals surface area contributed by atoms with Gasteiger partial charge in [0.1, 0.15) is 11.3 Å². The molecule has 0 atom stereocenters. The van der Waals surface area contributed by atoms with Crippen LogP contribution in [0.15, 0.2) is 18.3 Å². The molecular weight excluding hydrogens is 292 g/mol. The number of imidazole rings is 1. The zero-order chi connectivity index (χ0) is 14.1. The van der Waals surface area contributed by atoms with Crippen molar-refractivity contribution in [3.05, 3.63) is 39.7 Å². The molecule has 4 nitrogen and oxygen atoms in total. The van der Waals surface area contributed by atoms with Crippen LogP contribution in [-0.2, 0) is 13.0 Å². The number of aromatic nitrogens is 4. The molecule has 0 aliphatic carbocycles. The largest absolute Gasteiger partial charge is 0.307 e. The van der Waals surface area contributed by atoms with E-state index in [-0.39, 0.29) is 0 Å². The molecule has 0 saturated carbocycles. The minimum absolute atomic E-state index is 0.560. The van der Waals surface area contributed by atoms with Crippen LogP contribution in [0.3, 0.4) is 0 Å². The van der Waals surface area contributed by atoms with Crippen LogP contribution in [0.5, 0.6) is 0 Å². The van der Waals surface area contributed by atoms with Gasteiger partial charge < -0.3 is 4.57 Å². The molecule has 6 heteroatoms. The number of hydrogen-bond donors (Lipinski definition) is 0. The first-order chi connectivity index (χ1) is 9.67. The average molecular weight is 307 g/mol. The van der Waals surface area contributed by atoms with Gasteiger partial charge in [-0.25, -0.2) is 15.0 Å². The normalized spacial score (nSPS) is 11.3. The number of fused-ring (bicyclic) bond motifs is 1. The summed E-state index contributed by atoms with van der Waals surface area (Å²) < 4.78 is 2.15. The molecule has 3 rings (SSSR count). The molecule has 0 amide bonds. The van der Waals surface area contributed by atoms with Crippen molar-refractivity contribution in [2.24, 2.45) is 0 Å². The molecule has 0 radical (unpaired) electrons. The van der Waals surface area contributed by atoms with Crippen LogP contribution in [0.1, 0.15) is 21.4 Å². The lowest BCUT2D eigenvalue weighted by molar-refractivity contribution is 0.754. The molecule has 0 aliphatic rings. The van der Waals surface area contributed by atoms with E-state index in [4.69, 9.17) is 11.6 Å². The second kappa shape index (κ2) is 5.50. The number of hydrogen-bond acceptors (Lipinski definition) is 4. The van der Waals surface area contributed by atoms with Gasteiger partial charge in [0.25, 0.3) is 0 Å². The van der Waals surface area contributed by atoms with Gasteiger partial charge in [0.2, 0.25) is 0 Å². The number of aryl methyl sites for hydroxylation is 3. The number of rotatable bonds is 4. The molecule has 3 aromatic rings. The van der Waals surface area contributed by atoms with Crippen LogP contribution < -0.4 is 0 Å². The van der Waals surface area contributed by atoms with Crippen molar-refractivity contribution in [3.8, 4) is 0 Å². The lowest BCUT2D eigenvalue weighted by atomic mass is 10.3. The molecule has 0 aromatic carbocycles. The highest BCUT2D eigenvalue weighted by atomic mass is 35.5. The van der Waals surface area contributed by atoms with E-state index in [1.54, 1.807) is 11.3 Å². The highest BCUT2D eigenvalue weighted by Crippen LogP contribution is 2.20. The Morgan fingerprint density at radius 3 is 2.80 bits per heavy atom. The summed E-state index contributed by atoms with van der Waals surface area (Å²) in [6.45, 7) is 4.77. The minimum Gasteiger partial charge on any atom is -0.307 e. The van der Waals surface area contributed by atoms with E-state index in [1.165, 1.54) is 4.88 Å². The molecular formula is C14H15ClN4S. The molecule has 3 heterocycles. The molecule has 20 heavy (non-hydrogen) atoms. The van der Waals surface area contributed by atoms with E-state index in [9.17, 15) is 0 Å². The van der Waals surface area contributed by atoms with Gasteiger partial charge in [0.15, 0.2) is 5.65 Å². The maximum Gasteiger partial charge on any atom is 0.160 e. The van der Waals surface area contributed by atoms with E-state index in [1.807, 2.05) is 32.2 Å². The van der Waals surface area contributed by atoms with Crippen LogP contribution in [0.2, 0.25) is 0 Å².